The maximum absolute atomic E-state index is 12.7. The molecule has 0 aliphatic rings. The number of anilines is 1. The number of ether oxygens (including phenoxy) is 2. The average molecular weight is 451 g/mol. The van der Waals surface area contributed by atoms with Gasteiger partial charge in [-0.3, -0.25) is 15.5 Å². The van der Waals surface area contributed by atoms with Crippen molar-refractivity contribution < 1.29 is 22.8 Å². The molecule has 0 saturated carbocycles. The number of benzene rings is 2. The average Bonchev–Trinajstić information content (AvgIpc) is 2.77. The minimum absolute atomic E-state index is 0.0725. The van der Waals surface area contributed by atoms with Crippen LogP contribution in [0.15, 0.2) is 46.4 Å². The molecule has 0 atom stereocenters. The molecule has 2 aromatic carbocycles. The van der Waals surface area contributed by atoms with Crippen molar-refractivity contribution in [2.24, 2.45) is 5.10 Å². The molecule has 0 saturated heterocycles. The monoisotopic (exact) mass is 450 g/mol. The maximum Gasteiger partial charge on any atom is 0.295 e. The number of hydrazone groups is 1. The number of nitrogens with zero attached hydrogens (tertiary/aromatic N) is 3. The molecule has 1 N–H and O–H groups in total. The summed E-state index contributed by atoms with van der Waals surface area (Å²) in [4.78, 5) is 10.8. The number of nitro groups is 1. The number of sulfonamides is 1. The number of hydrogen-bond donors (Lipinski definition) is 1. The zero-order chi connectivity index (χ0) is 23.2. The Morgan fingerprint density at radius 1 is 1.10 bits per heavy atom. The molecular weight excluding hydrogens is 424 g/mol. The summed E-state index contributed by atoms with van der Waals surface area (Å²) in [5, 5.41) is 15.8. The first-order valence-corrected chi connectivity index (χ1v) is 10.9. The van der Waals surface area contributed by atoms with Gasteiger partial charge < -0.3 is 9.47 Å². The molecule has 2 rings (SSSR count). The lowest BCUT2D eigenvalue weighted by molar-refractivity contribution is -0.384. The fraction of sp³-hybridized carbons (Fsp3) is 0.350. The van der Waals surface area contributed by atoms with Crippen molar-refractivity contribution in [3.05, 3.63) is 52.1 Å². The lowest BCUT2D eigenvalue weighted by Gasteiger charge is -2.18. The van der Waals surface area contributed by atoms with Gasteiger partial charge in [0.05, 0.1) is 29.8 Å². The molecule has 2 aromatic rings. The third-order valence-corrected chi connectivity index (χ3v) is 6.70. The van der Waals surface area contributed by atoms with E-state index in [2.05, 4.69) is 10.5 Å². The minimum atomic E-state index is -3.82. The van der Waals surface area contributed by atoms with Crippen LogP contribution in [0.4, 0.5) is 11.4 Å². The van der Waals surface area contributed by atoms with Gasteiger partial charge in [0, 0.05) is 24.7 Å². The molecule has 168 valence electrons. The van der Waals surface area contributed by atoms with E-state index in [0.29, 0.717) is 22.8 Å². The van der Waals surface area contributed by atoms with E-state index in [1.165, 1.54) is 30.7 Å². The van der Waals surface area contributed by atoms with Crippen LogP contribution in [-0.4, -0.2) is 50.7 Å². The van der Waals surface area contributed by atoms with Crippen LogP contribution >= 0.6 is 0 Å². The molecule has 0 amide bonds. The summed E-state index contributed by atoms with van der Waals surface area (Å²) in [6.07, 6.45) is 0. The van der Waals surface area contributed by atoms with Crippen LogP contribution in [0.3, 0.4) is 0 Å². The van der Waals surface area contributed by atoms with Crippen LogP contribution < -0.4 is 14.9 Å². The number of nitro benzene ring substituents is 1. The minimum Gasteiger partial charge on any atom is -0.493 e. The molecule has 0 aliphatic carbocycles. The van der Waals surface area contributed by atoms with E-state index in [-0.39, 0.29) is 23.7 Å². The second-order valence-corrected chi connectivity index (χ2v) is 8.34. The first-order chi connectivity index (χ1) is 14.7. The number of hydrogen-bond acceptors (Lipinski definition) is 8. The van der Waals surface area contributed by atoms with E-state index in [0.717, 1.165) is 6.07 Å². The van der Waals surface area contributed by atoms with E-state index in [9.17, 15) is 18.5 Å². The second-order valence-electron chi connectivity index (χ2n) is 6.40. The normalized spacial score (nSPS) is 12.0. The molecular formula is C20H26N4O6S. The zero-order valence-electron chi connectivity index (χ0n) is 18.1. The Hall–Kier alpha value is -3.18. The molecule has 0 bridgehead atoms. The van der Waals surface area contributed by atoms with Gasteiger partial charge in [-0.2, -0.15) is 9.41 Å². The van der Waals surface area contributed by atoms with Gasteiger partial charge in [0.1, 0.15) is 5.69 Å². The van der Waals surface area contributed by atoms with Crippen LogP contribution in [0.5, 0.6) is 11.5 Å². The molecule has 11 heteroatoms. The highest BCUT2D eigenvalue weighted by atomic mass is 32.2. The van der Waals surface area contributed by atoms with Gasteiger partial charge in [-0.25, -0.2) is 8.42 Å². The van der Waals surface area contributed by atoms with Crippen LogP contribution in [0.25, 0.3) is 0 Å². The maximum atomic E-state index is 12.7. The fourth-order valence-corrected chi connectivity index (χ4v) is 4.38. The van der Waals surface area contributed by atoms with Crippen LogP contribution in [0.1, 0.15) is 26.3 Å². The fourth-order valence-electron chi connectivity index (χ4n) is 2.90. The van der Waals surface area contributed by atoms with Gasteiger partial charge in [-0.1, -0.05) is 13.8 Å². The molecule has 31 heavy (non-hydrogen) atoms. The van der Waals surface area contributed by atoms with Crippen molar-refractivity contribution in [2.45, 2.75) is 25.7 Å². The Kier molecular flexibility index (Phi) is 7.95. The first kappa shape index (κ1) is 24.1. The zero-order valence-corrected chi connectivity index (χ0v) is 18.9. The Balaban J connectivity index is 2.38. The third-order valence-electron chi connectivity index (χ3n) is 4.65. The smallest absolute Gasteiger partial charge is 0.295 e. The van der Waals surface area contributed by atoms with Crippen molar-refractivity contribution in [3.8, 4) is 11.5 Å². The Morgan fingerprint density at radius 3 is 2.29 bits per heavy atom. The van der Waals surface area contributed by atoms with E-state index in [1.807, 2.05) is 0 Å². The number of rotatable bonds is 10. The summed E-state index contributed by atoms with van der Waals surface area (Å²) in [5.74, 6) is 1.08. The van der Waals surface area contributed by atoms with Gasteiger partial charge >= 0.3 is 0 Å². The summed E-state index contributed by atoms with van der Waals surface area (Å²) in [6, 6.07) is 8.92. The van der Waals surface area contributed by atoms with E-state index >= 15 is 0 Å². The predicted octanol–water partition coefficient (Wildman–Crippen LogP) is 3.48. The predicted molar refractivity (Wildman–Crippen MR) is 119 cm³/mol. The molecule has 10 nitrogen and oxygen atoms in total. The van der Waals surface area contributed by atoms with E-state index in [1.54, 1.807) is 39.0 Å². The highest BCUT2D eigenvalue weighted by molar-refractivity contribution is 7.89. The molecule has 0 radical (unpaired) electrons. The van der Waals surface area contributed by atoms with Crippen molar-refractivity contribution in [1.29, 1.82) is 0 Å². The van der Waals surface area contributed by atoms with E-state index in [4.69, 9.17) is 9.47 Å². The summed E-state index contributed by atoms with van der Waals surface area (Å²) >= 11 is 0. The van der Waals surface area contributed by atoms with E-state index < -0.39 is 20.6 Å². The highest BCUT2D eigenvalue weighted by Crippen LogP contribution is 2.30. The van der Waals surface area contributed by atoms with Crippen LogP contribution in [0.2, 0.25) is 0 Å². The SMILES string of the molecule is CCN(CC)S(=O)(=O)c1ccc(NN=C(C)c2ccc(OC)c(OC)c2)c([N+](=O)[O-])c1. The molecule has 0 fully saturated rings. The lowest BCUT2D eigenvalue weighted by Crippen LogP contribution is -2.30. The lowest BCUT2D eigenvalue weighted by atomic mass is 10.1. The highest BCUT2D eigenvalue weighted by Gasteiger charge is 2.25. The largest absolute Gasteiger partial charge is 0.493 e. The Bertz CT molecular complexity index is 1080. The third kappa shape index (κ3) is 5.30. The van der Waals surface area contributed by atoms with Gasteiger partial charge in [0.2, 0.25) is 10.0 Å². The van der Waals surface area contributed by atoms with Crippen LogP contribution in [0, 0.1) is 10.1 Å². The summed E-state index contributed by atoms with van der Waals surface area (Å²) in [5.41, 5.74) is 3.59. The molecule has 0 aliphatic heterocycles. The standard InChI is InChI=1S/C20H26N4O6S/c1-6-23(7-2)31(27,28)16-9-10-17(18(13-16)24(25)26)22-21-14(3)15-8-11-19(29-4)20(12-15)30-5/h8-13,22H,6-7H2,1-5H3. The Labute approximate surface area is 181 Å². The van der Waals surface area contributed by atoms with Gasteiger partial charge in [0.15, 0.2) is 11.5 Å². The van der Waals surface area contributed by atoms with Crippen molar-refractivity contribution >= 4 is 27.1 Å². The summed E-state index contributed by atoms with van der Waals surface area (Å²) < 4.78 is 37.1. The summed E-state index contributed by atoms with van der Waals surface area (Å²) in [6.45, 7) is 5.66. The van der Waals surface area contributed by atoms with Gasteiger partial charge in [-0.15, -0.1) is 0 Å². The second kappa shape index (κ2) is 10.2. The molecule has 0 unspecified atom stereocenters. The quantitative estimate of drug-likeness (QED) is 0.334. The number of nitrogens with one attached hydrogen (secondary N) is 1. The molecule has 0 spiro atoms. The molecule has 0 aromatic heterocycles. The van der Waals surface area contributed by atoms with Crippen LogP contribution in [-0.2, 0) is 10.0 Å². The summed E-state index contributed by atoms with van der Waals surface area (Å²) in [7, 11) is -0.775. The van der Waals surface area contributed by atoms with Crippen molar-refractivity contribution in [3.63, 3.8) is 0 Å². The van der Waals surface area contributed by atoms with Gasteiger partial charge in [0.25, 0.3) is 5.69 Å². The van der Waals surface area contributed by atoms with Gasteiger partial charge in [-0.05, 0) is 37.3 Å². The van der Waals surface area contributed by atoms with Crippen molar-refractivity contribution in [2.75, 3.05) is 32.7 Å². The first-order valence-electron chi connectivity index (χ1n) is 9.50. The molecule has 0 heterocycles. The Morgan fingerprint density at radius 2 is 1.74 bits per heavy atom. The number of methoxy groups -OCH3 is 2. The topological polar surface area (TPSA) is 123 Å². The van der Waals surface area contributed by atoms with Crippen molar-refractivity contribution in [1.82, 2.24) is 4.31 Å².